The number of amides is 4. The van der Waals surface area contributed by atoms with Gasteiger partial charge in [-0.15, -0.1) is 11.3 Å². The SMILES string of the molecule is CC1=C(O)C(=O)C=C2C1=CC=C1[C@@]2(C)CC[C@@]2(C)[C@@H]3C[C@](C)(C(=O)NCCOCCOCCOCC(=O)N[C@H](C(=O)N4C[C@H](O)C[C@H]4C(=O)N[C@@H](C)c4ccc(-c5scnc5C)cc4)C(C)(C)C)CC[C@]3(C)CC[C@]12C. The standard InChI is InChI=1S/C60H83N5O10S/c1-36-42-16-17-46-58(9,43(42)31-45(67)49(36)69)21-23-60(11)47-32-57(8,19-18-56(47,7)20-22-59(46,60)10)54(72)61-24-25-73-26-27-74-28-29-75-34-48(68)64-51(55(4,5)6)53(71)65-33-41(66)30-44(65)52(70)63-37(2)39-12-14-40(15-13-39)50-38(3)62-35-76-50/h12-17,31,35,37,41,44,47,51,66,69H,18-30,32-34H2,1-11H3,(H,61,72)(H,63,70)(H,64,68)/t37-,41+,44-,47+,51+,56+,57+,58-,59+,60-/m0/s1. The number of likely N-dealkylation sites (tertiary alicyclic amines) is 1. The van der Waals surface area contributed by atoms with Crippen LogP contribution in [0.2, 0.25) is 0 Å². The molecule has 414 valence electrons. The number of nitrogens with zero attached hydrogens (tertiary/aromatic N) is 2. The number of β-amino-alcohol motifs (C(OH)–C–C–N with tert-alkyl or cyclic N) is 1. The van der Waals surface area contributed by atoms with Crippen molar-refractivity contribution < 1.29 is 48.4 Å². The van der Waals surface area contributed by atoms with E-state index in [4.69, 9.17) is 14.2 Å². The summed E-state index contributed by atoms with van der Waals surface area (Å²) in [6, 6.07) is 5.67. The van der Waals surface area contributed by atoms with Crippen LogP contribution >= 0.6 is 11.3 Å². The number of aliphatic hydroxyl groups is 2. The summed E-state index contributed by atoms with van der Waals surface area (Å²) >= 11 is 1.57. The molecule has 6 aliphatic rings. The highest BCUT2D eigenvalue weighted by molar-refractivity contribution is 7.13. The Hall–Kier alpha value is -5.00. The van der Waals surface area contributed by atoms with E-state index in [2.05, 4.69) is 67.7 Å². The Morgan fingerprint density at radius 3 is 2.22 bits per heavy atom. The zero-order valence-electron chi connectivity index (χ0n) is 46.8. The van der Waals surface area contributed by atoms with Crippen molar-refractivity contribution in [2.24, 2.45) is 38.4 Å². The molecule has 1 aliphatic heterocycles. The number of thiazole rings is 1. The van der Waals surface area contributed by atoms with Gasteiger partial charge in [-0.3, -0.25) is 24.0 Å². The van der Waals surface area contributed by atoms with E-state index in [0.717, 1.165) is 77.8 Å². The van der Waals surface area contributed by atoms with E-state index in [-0.39, 0.29) is 83.8 Å². The number of aromatic nitrogens is 1. The molecule has 1 aromatic heterocycles. The average Bonchev–Trinajstić information content (AvgIpc) is 4.02. The maximum absolute atomic E-state index is 14.1. The van der Waals surface area contributed by atoms with Crippen molar-refractivity contribution in [2.45, 2.75) is 152 Å². The fourth-order valence-electron chi connectivity index (χ4n) is 13.9. The Kier molecular flexibility index (Phi) is 16.6. The fourth-order valence-corrected chi connectivity index (χ4v) is 14.7. The molecular formula is C60H83N5O10S. The second-order valence-corrected chi connectivity index (χ2v) is 25.9. The molecule has 4 amide bonds. The number of fused-ring (bicyclic) bond motifs is 7. The summed E-state index contributed by atoms with van der Waals surface area (Å²) in [6.45, 7) is 24.3. The van der Waals surface area contributed by atoms with Crippen molar-refractivity contribution in [2.75, 3.05) is 52.7 Å². The normalized spacial score (nSPS) is 30.9. The molecule has 0 bridgehead atoms. The Morgan fingerprint density at radius 2 is 1.55 bits per heavy atom. The van der Waals surface area contributed by atoms with Crippen LogP contribution in [0.5, 0.6) is 0 Å². The Balaban J connectivity index is 0.738. The Bertz CT molecular complexity index is 2700. The molecule has 1 aromatic carbocycles. The third-order valence-electron chi connectivity index (χ3n) is 19.0. The zero-order valence-corrected chi connectivity index (χ0v) is 47.6. The first-order valence-electron chi connectivity index (χ1n) is 27.5. The number of aliphatic hydroxyl groups excluding tert-OH is 2. The number of aryl methyl sites for hydroxylation is 1. The number of rotatable bonds is 18. The maximum Gasteiger partial charge on any atom is 0.246 e. The maximum atomic E-state index is 14.1. The number of benzene rings is 1. The summed E-state index contributed by atoms with van der Waals surface area (Å²) in [5.74, 6) is -1.39. The molecule has 3 saturated carbocycles. The van der Waals surface area contributed by atoms with Gasteiger partial charge in [-0.1, -0.05) is 97.4 Å². The molecular weight excluding hydrogens is 983 g/mol. The van der Waals surface area contributed by atoms with Gasteiger partial charge in [0.15, 0.2) is 5.76 Å². The van der Waals surface area contributed by atoms with E-state index in [9.17, 15) is 34.2 Å². The molecule has 4 fully saturated rings. The first-order chi connectivity index (χ1) is 35.8. The molecule has 16 heteroatoms. The van der Waals surface area contributed by atoms with Crippen LogP contribution in [0.15, 0.2) is 76.1 Å². The lowest BCUT2D eigenvalue weighted by Crippen LogP contribution is -2.62. The molecule has 0 unspecified atom stereocenters. The van der Waals surface area contributed by atoms with Gasteiger partial charge in [0.25, 0.3) is 0 Å². The second-order valence-electron chi connectivity index (χ2n) is 25.0. The number of nitrogens with one attached hydrogen (secondary N) is 3. The van der Waals surface area contributed by atoms with Crippen LogP contribution in [0.4, 0.5) is 0 Å². The summed E-state index contributed by atoms with van der Waals surface area (Å²) in [5, 5.41) is 30.2. The van der Waals surface area contributed by atoms with E-state index >= 15 is 0 Å². The monoisotopic (exact) mass is 1070 g/mol. The Labute approximate surface area is 453 Å². The van der Waals surface area contributed by atoms with Gasteiger partial charge in [0.1, 0.15) is 18.7 Å². The van der Waals surface area contributed by atoms with E-state index in [1.807, 2.05) is 71.3 Å². The van der Waals surface area contributed by atoms with Crippen LogP contribution in [-0.4, -0.2) is 120 Å². The van der Waals surface area contributed by atoms with Crippen molar-refractivity contribution in [3.05, 3.63) is 87.3 Å². The summed E-state index contributed by atoms with van der Waals surface area (Å²) in [7, 11) is 0. The molecule has 8 rings (SSSR count). The van der Waals surface area contributed by atoms with Crippen LogP contribution in [0.3, 0.4) is 0 Å². The van der Waals surface area contributed by atoms with Gasteiger partial charge >= 0.3 is 0 Å². The summed E-state index contributed by atoms with van der Waals surface area (Å²) in [5.41, 5.74) is 7.16. The summed E-state index contributed by atoms with van der Waals surface area (Å²) < 4.78 is 17.1. The zero-order chi connectivity index (χ0) is 55.2. The van der Waals surface area contributed by atoms with Crippen molar-refractivity contribution in [3.8, 4) is 10.4 Å². The first-order valence-corrected chi connectivity index (χ1v) is 28.3. The van der Waals surface area contributed by atoms with Crippen LogP contribution in [0, 0.1) is 45.3 Å². The lowest BCUT2D eigenvalue weighted by molar-refractivity contribution is -0.169. The van der Waals surface area contributed by atoms with E-state index < -0.39 is 40.8 Å². The molecule has 0 radical (unpaired) electrons. The molecule has 5 aliphatic carbocycles. The van der Waals surface area contributed by atoms with Crippen LogP contribution in [0.25, 0.3) is 10.4 Å². The lowest BCUT2D eigenvalue weighted by Gasteiger charge is -2.70. The topological polar surface area (TPSA) is 206 Å². The van der Waals surface area contributed by atoms with Gasteiger partial charge in [0.2, 0.25) is 29.4 Å². The van der Waals surface area contributed by atoms with Gasteiger partial charge in [0, 0.05) is 35.9 Å². The van der Waals surface area contributed by atoms with Gasteiger partial charge in [-0.25, -0.2) is 4.98 Å². The minimum atomic E-state index is -0.984. The second kappa shape index (κ2) is 22.0. The number of allylic oxidation sites excluding steroid dienone is 7. The predicted octanol–water partition coefficient (Wildman–Crippen LogP) is 8.58. The number of hydrogen-bond acceptors (Lipinski definition) is 12. The van der Waals surface area contributed by atoms with Crippen LogP contribution in [-0.2, 0) is 38.2 Å². The third kappa shape index (κ3) is 10.9. The highest BCUT2D eigenvalue weighted by Gasteiger charge is 2.67. The number of ether oxygens (including phenoxy) is 3. The van der Waals surface area contributed by atoms with Crippen molar-refractivity contribution in [3.63, 3.8) is 0 Å². The molecule has 1 saturated heterocycles. The molecule has 2 heterocycles. The molecule has 2 aromatic rings. The molecule has 5 N–H and O–H groups in total. The predicted molar refractivity (Wildman–Crippen MR) is 293 cm³/mol. The lowest BCUT2D eigenvalue weighted by atomic mass is 9.34. The number of ketones is 1. The third-order valence-corrected chi connectivity index (χ3v) is 20.0. The first kappa shape index (κ1) is 57.2. The van der Waals surface area contributed by atoms with Crippen LogP contribution < -0.4 is 16.0 Å². The minimum Gasteiger partial charge on any atom is -0.504 e. The molecule has 10 atom stereocenters. The van der Waals surface area contributed by atoms with Gasteiger partial charge in [-0.05, 0) is 122 Å². The van der Waals surface area contributed by atoms with Crippen LogP contribution in [0.1, 0.15) is 138 Å². The number of carbonyl (C=O) groups excluding carboxylic acids is 5. The number of hydrogen-bond donors (Lipinski definition) is 5. The van der Waals surface area contributed by atoms with Crippen molar-refractivity contribution >= 4 is 40.7 Å². The van der Waals surface area contributed by atoms with Crippen molar-refractivity contribution in [1.29, 1.82) is 0 Å². The van der Waals surface area contributed by atoms with Gasteiger partial charge in [-0.2, -0.15) is 0 Å². The van der Waals surface area contributed by atoms with E-state index in [0.29, 0.717) is 37.9 Å². The minimum absolute atomic E-state index is 0.0286. The quantitative estimate of drug-likeness (QED) is 0.0895. The van der Waals surface area contributed by atoms with E-state index in [1.165, 1.54) is 10.5 Å². The highest BCUT2D eigenvalue weighted by atomic mass is 32.1. The summed E-state index contributed by atoms with van der Waals surface area (Å²) in [6.07, 6.45) is 12.0. The van der Waals surface area contributed by atoms with Gasteiger partial charge < -0.3 is 45.3 Å². The smallest absolute Gasteiger partial charge is 0.246 e. The van der Waals surface area contributed by atoms with Crippen molar-refractivity contribution in [1.82, 2.24) is 25.8 Å². The number of carbonyl (C=O) groups is 5. The fraction of sp³-hybridized carbons (Fsp3) is 0.633. The van der Waals surface area contributed by atoms with Gasteiger partial charge in [0.05, 0.1) is 61.3 Å². The average molecular weight is 1070 g/mol. The largest absolute Gasteiger partial charge is 0.504 e. The highest BCUT2D eigenvalue weighted by Crippen LogP contribution is 2.75. The molecule has 76 heavy (non-hydrogen) atoms. The molecule has 15 nitrogen and oxygen atoms in total. The molecule has 0 spiro atoms. The Morgan fingerprint density at radius 1 is 0.882 bits per heavy atom. The summed E-state index contributed by atoms with van der Waals surface area (Å²) in [4.78, 5) is 74.7. The van der Waals surface area contributed by atoms with E-state index in [1.54, 1.807) is 17.4 Å².